The van der Waals surface area contributed by atoms with Crippen molar-refractivity contribution in [1.29, 1.82) is 0 Å². The molecular weight excluding hydrogens is 1060 g/mol. The van der Waals surface area contributed by atoms with Crippen molar-refractivity contribution >= 4 is 68.5 Å². The number of carboxylic acids is 2. The van der Waals surface area contributed by atoms with Crippen LogP contribution in [0, 0.1) is 0 Å². The van der Waals surface area contributed by atoms with E-state index in [1.807, 2.05) is 121 Å². The van der Waals surface area contributed by atoms with Crippen molar-refractivity contribution in [1.82, 2.24) is 19.9 Å². The maximum Gasteiger partial charge on any atom is 2.00 e. The second-order valence-electron chi connectivity index (χ2n) is 18.2. The van der Waals surface area contributed by atoms with Gasteiger partial charge < -0.3 is 29.7 Å². The largest absolute Gasteiger partial charge is 2.00 e. The van der Waals surface area contributed by atoms with Crippen molar-refractivity contribution in [3.05, 3.63) is 205 Å². The Hall–Kier alpha value is -10.1. The Balaban J connectivity index is 0.00000596. The van der Waals surface area contributed by atoms with Gasteiger partial charge in [0.15, 0.2) is 0 Å². The molecule has 12 nitrogen and oxygen atoms in total. The van der Waals surface area contributed by atoms with Gasteiger partial charge in [0.1, 0.15) is 11.5 Å². The van der Waals surface area contributed by atoms with Crippen molar-refractivity contribution in [2.24, 2.45) is 0 Å². The number of rotatable bonds is 10. The van der Waals surface area contributed by atoms with Crippen LogP contribution in [-0.2, 0) is 30.0 Å². The van der Waals surface area contributed by atoms with Gasteiger partial charge in [0.2, 0.25) is 0 Å². The van der Waals surface area contributed by atoms with Gasteiger partial charge in [0, 0.05) is 22.3 Å². The second kappa shape index (κ2) is 19.3. The number of ether oxygens (including phenoxy) is 2. The van der Waals surface area contributed by atoms with E-state index in [2.05, 4.69) is 0 Å². The molecule has 0 radical (unpaired) electrons. The first-order valence-corrected chi connectivity index (χ1v) is 24.1. The van der Waals surface area contributed by atoms with Crippen LogP contribution >= 0.6 is 0 Å². The van der Waals surface area contributed by atoms with E-state index in [-0.39, 0.29) is 31.5 Å². The maximum atomic E-state index is 12.4. The van der Waals surface area contributed by atoms with Crippen LogP contribution < -0.4 is 19.4 Å². The Bertz CT molecular complexity index is 4150. The van der Waals surface area contributed by atoms with E-state index in [1.54, 1.807) is 72.8 Å². The van der Waals surface area contributed by atoms with E-state index in [1.165, 1.54) is 0 Å². The van der Waals surface area contributed by atoms with E-state index in [0.717, 1.165) is 54.9 Å². The van der Waals surface area contributed by atoms with E-state index < -0.39 is 11.9 Å². The van der Waals surface area contributed by atoms with Crippen LogP contribution in [-0.4, -0.2) is 45.1 Å². The first kappa shape index (κ1) is 47.9. The van der Waals surface area contributed by atoms with Crippen molar-refractivity contribution in [2.45, 2.75) is 0 Å². The summed E-state index contributed by atoms with van der Waals surface area (Å²) in [7, 11) is 0. The van der Waals surface area contributed by atoms with Crippen molar-refractivity contribution in [2.75, 3.05) is 0 Å². The summed E-state index contributed by atoms with van der Waals surface area (Å²) in [6.45, 7) is 0.770. The van der Waals surface area contributed by atoms with E-state index in [0.29, 0.717) is 103 Å². The monoisotopic (exact) mass is 1090 g/mol. The molecular formula is C64H36N4O8Pd. The molecule has 13 heteroatoms. The number of hydrogen-bond acceptors (Lipinski definition) is 8. The zero-order valence-corrected chi connectivity index (χ0v) is 41.6. The Kier molecular flexibility index (Phi) is 12.0. The molecule has 0 spiro atoms. The third-order valence-electron chi connectivity index (χ3n) is 14.0. The Morgan fingerprint density at radius 2 is 0.610 bits per heavy atom. The summed E-state index contributed by atoms with van der Waals surface area (Å²) in [5.74, 6) is -1.46. The number of aromatic nitrogens is 4. The van der Waals surface area contributed by atoms with Crippen molar-refractivity contribution < 1.29 is 59.3 Å². The van der Waals surface area contributed by atoms with Crippen molar-refractivity contribution in [3.8, 4) is 101 Å². The van der Waals surface area contributed by atoms with Gasteiger partial charge in [0.05, 0.1) is 33.9 Å². The molecule has 13 rings (SSSR count). The topological polar surface area (TPSA) is 181 Å². The molecule has 8 bridgehead atoms. The van der Waals surface area contributed by atoms with Gasteiger partial charge in [-0.2, -0.15) is 0 Å². The minimum absolute atomic E-state index is 0. The fraction of sp³-hybridized carbons (Fsp3) is 0. The maximum absolute atomic E-state index is 12.4. The predicted molar refractivity (Wildman–Crippen MR) is 292 cm³/mol. The normalized spacial score (nSPS) is 11.3. The van der Waals surface area contributed by atoms with Gasteiger partial charge in [-0.1, -0.05) is 146 Å². The molecule has 0 atom stereocenters. The second-order valence-corrected chi connectivity index (χ2v) is 18.2. The quantitative estimate of drug-likeness (QED) is 0.0978. The molecule has 1 aliphatic carbocycles. The molecule has 2 aliphatic heterocycles. The van der Waals surface area contributed by atoms with Crippen LogP contribution in [0.25, 0.3) is 133 Å². The number of hydrogen-bond donors (Lipinski definition) is 2. The van der Waals surface area contributed by atoms with Crippen LogP contribution in [0.5, 0.6) is 11.5 Å². The first-order chi connectivity index (χ1) is 37.3. The molecule has 0 fully saturated rings. The molecule has 0 saturated heterocycles. The predicted octanol–water partition coefficient (Wildman–Crippen LogP) is 13.7. The summed E-state index contributed by atoms with van der Waals surface area (Å²) in [6, 6.07) is 59.6. The Morgan fingerprint density at radius 3 is 0.857 bits per heavy atom. The molecule has 0 unspecified atom stereocenters. The number of carbonyl (C=O) groups is 4. The molecule has 2 N–H and O–H groups in total. The smallest absolute Gasteiger partial charge is 0.656 e. The molecule has 8 aromatic carbocycles. The van der Waals surface area contributed by atoms with Crippen LogP contribution in [0.4, 0.5) is 0 Å². The fourth-order valence-corrected chi connectivity index (χ4v) is 10.7. The van der Waals surface area contributed by atoms with Crippen LogP contribution in [0.15, 0.2) is 194 Å². The fourth-order valence-electron chi connectivity index (χ4n) is 10.7. The van der Waals surface area contributed by atoms with Crippen molar-refractivity contribution in [3.63, 3.8) is 0 Å². The summed E-state index contributed by atoms with van der Waals surface area (Å²) in [6.07, 6.45) is 0. The van der Waals surface area contributed by atoms with E-state index in [4.69, 9.17) is 29.4 Å². The minimum atomic E-state index is -1.07. The summed E-state index contributed by atoms with van der Waals surface area (Å²) in [4.78, 5) is 70.7. The van der Waals surface area contributed by atoms with Gasteiger partial charge in [0.25, 0.3) is 12.9 Å². The first-order valence-electron chi connectivity index (χ1n) is 24.1. The van der Waals surface area contributed by atoms with Gasteiger partial charge >= 0.3 is 32.4 Å². The molecule has 77 heavy (non-hydrogen) atoms. The van der Waals surface area contributed by atoms with Crippen LogP contribution in [0.1, 0.15) is 20.7 Å². The summed E-state index contributed by atoms with van der Waals surface area (Å²) in [5.41, 5.74) is 13.4. The summed E-state index contributed by atoms with van der Waals surface area (Å²) >= 11 is 0. The molecule has 2 aromatic heterocycles. The third kappa shape index (κ3) is 7.97. The molecule has 0 amide bonds. The average Bonchev–Trinajstić information content (AvgIpc) is 4.34. The zero-order valence-electron chi connectivity index (χ0n) is 40.1. The van der Waals surface area contributed by atoms with Gasteiger partial charge in [-0.15, -0.1) is 22.1 Å². The van der Waals surface area contributed by atoms with Crippen LogP contribution in [0.2, 0.25) is 0 Å². The number of carbonyl (C=O) groups excluding carboxylic acids is 2. The molecule has 10 aromatic rings. The molecule has 370 valence electrons. The molecule has 4 heterocycles. The molecule has 0 saturated carbocycles. The van der Waals surface area contributed by atoms with E-state index >= 15 is 0 Å². The SMILES string of the molecule is O=COc1ccc(-c2c3nc(c(-c4ccc(C(=O)O)cc4)c4[n-]c(c(-c5ccc(C(=O)O)cc5)c5nc(c(-c6ccc(OC=O)cc6)c6[n-]c2c2ccccc62)-c2ccccc2-5)c2ccccc42)-c2ccccc2-3)cc1.[Pd+2]. The number of carboxylic acid groups (broad SMARTS) is 2. The minimum Gasteiger partial charge on any atom is -0.656 e. The summed E-state index contributed by atoms with van der Waals surface area (Å²) in [5, 5.41) is 23.4. The standard InChI is InChI=1S/C64H38N4O8.Pd/c69-33-75-41-29-25-37(26-30-41)53-59-47-13-5-3-11-45(47)57(66-59)51(35-17-21-39(22-18-35)63(71)72)55-43-9-1-2-10-44(43)56(65-55)52(36-19-23-40(24-20-36)64(73)74)58-46-12-4-6-14-48(46)60(67-58)54(38-27-31-42(32-28-38)76-34-70)62-50-16-8-7-15-49(50)61(53)68-62;/h1-34H,(H4,65,66,67,68,71,72,73,74);/q;+2/p-2. The number of benzene rings is 8. The van der Waals surface area contributed by atoms with Gasteiger partial charge in [-0.25, -0.2) is 19.6 Å². The zero-order chi connectivity index (χ0) is 51.6. The number of nitrogens with zero attached hydrogens (tertiary/aromatic N) is 4. The number of aromatic carboxylic acids is 2. The Morgan fingerprint density at radius 1 is 0.364 bits per heavy atom. The van der Waals surface area contributed by atoms with Crippen LogP contribution in [0.3, 0.4) is 0 Å². The van der Waals surface area contributed by atoms with Gasteiger partial charge in [-0.3, -0.25) is 9.59 Å². The third-order valence-corrected chi connectivity index (χ3v) is 14.0. The molecule has 3 aliphatic rings. The Labute approximate surface area is 451 Å². The summed E-state index contributed by atoms with van der Waals surface area (Å²) < 4.78 is 10.6. The average molecular weight is 1100 g/mol. The van der Waals surface area contributed by atoms with Gasteiger partial charge in [-0.05, 0) is 115 Å². The van der Waals surface area contributed by atoms with E-state index in [9.17, 15) is 29.4 Å².